The first kappa shape index (κ1) is 19.4. The van der Waals surface area contributed by atoms with Crippen molar-refractivity contribution in [1.82, 2.24) is 0 Å². The Hall–Kier alpha value is -4.68. The molecule has 0 aromatic heterocycles. The molecule has 9 aromatic carbocycles. The van der Waals surface area contributed by atoms with Gasteiger partial charge in [-0.3, -0.25) is 0 Å². The predicted octanol–water partition coefficient (Wildman–Crippen LogP) is 10.9. The van der Waals surface area contributed by atoms with Crippen LogP contribution in [0.1, 0.15) is 11.1 Å². The Kier molecular flexibility index (Phi) is 3.19. The van der Waals surface area contributed by atoms with Crippen LogP contribution < -0.4 is 0 Å². The van der Waals surface area contributed by atoms with E-state index in [4.69, 9.17) is 0 Å². The highest BCUT2D eigenvalue weighted by molar-refractivity contribution is 6.39. The van der Waals surface area contributed by atoms with Crippen molar-refractivity contribution in [2.75, 3.05) is 0 Å². The predicted molar refractivity (Wildman–Crippen MR) is 165 cm³/mol. The Balaban J connectivity index is 1.45. The van der Waals surface area contributed by atoms with E-state index in [0.29, 0.717) is 0 Å². The van der Waals surface area contributed by atoms with Crippen LogP contribution in [0.2, 0.25) is 0 Å². The second-order valence-electron chi connectivity index (χ2n) is 11.3. The fourth-order valence-electron chi connectivity index (χ4n) is 8.03. The molecule has 0 saturated heterocycles. The van der Waals surface area contributed by atoms with Crippen molar-refractivity contribution in [1.29, 1.82) is 0 Å². The second kappa shape index (κ2) is 6.23. The van der Waals surface area contributed by atoms with Gasteiger partial charge in [0.25, 0.3) is 0 Å². The Morgan fingerprint density at radius 1 is 0.342 bits per heavy atom. The van der Waals surface area contributed by atoms with Crippen LogP contribution in [0, 0.1) is 13.8 Å². The normalized spacial score (nSPS) is 13.0. The van der Waals surface area contributed by atoms with Gasteiger partial charge >= 0.3 is 0 Å². The van der Waals surface area contributed by atoms with E-state index in [2.05, 4.69) is 111 Å². The van der Waals surface area contributed by atoms with E-state index in [-0.39, 0.29) is 0 Å². The molecule has 0 nitrogen and oxygen atoms in total. The van der Waals surface area contributed by atoms with Gasteiger partial charge in [0.2, 0.25) is 0 Å². The van der Waals surface area contributed by atoms with E-state index in [1.54, 1.807) is 0 Å². The van der Waals surface area contributed by atoms with Crippen LogP contribution in [0.25, 0.3) is 97.7 Å². The van der Waals surface area contributed by atoms with Gasteiger partial charge in [-0.15, -0.1) is 0 Å². The second-order valence-corrected chi connectivity index (χ2v) is 11.3. The topological polar surface area (TPSA) is 0 Å². The largest absolute Gasteiger partial charge is 0.0610 e. The molecule has 0 radical (unpaired) electrons. The van der Waals surface area contributed by atoms with Crippen LogP contribution in [-0.4, -0.2) is 0 Å². The zero-order valence-electron chi connectivity index (χ0n) is 21.2. The number of benzene rings is 9. The molecular formula is C38H22. The smallest absolute Gasteiger partial charge is 0.00137 e. The highest BCUT2D eigenvalue weighted by Gasteiger charge is 2.28. The third-order valence-electron chi connectivity index (χ3n) is 9.52. The lowest BCUT2D eigenvalue weighted by atomic mass is 9.86. The molecule has 0 N–H and O–H groups in total. The molecule has 38 heavy (non-hydrogen) atoms. The van der Waals surface area contributed by atoms with Gasteiger partial charge in [0, 0.05) is 0 Å². The lowest BCUT2D eigenvalue weighted by molar-refractivity contribution is 1.46. The molecule has 0 unspecified atom stereocenters. The van der Waals surface area contributed by atoms with E-state index in [1.807, 2.05) is 0 Å². The molecule has 0 heteroatoms. The van der Waals surface area contributed by atoms with E-state index in [1.165, 1.54) is 109 Å². The Labute approximate surface area is 219 Å². The van der Waals surface area contributed by atoms with Gasteiger partial charge < -0.3 is 0 Å². The van der Waals surface area contributed by atoms with Crippen molar-refractivity contribution >= 4 is 75.4 Å². The number of aryl methyl sites for hydroxylation is 2. The van der Waals surface area contributed by atoms with Gasteiger partial charge in [0.1, 0.15) is 0 Å². The molecule has 0 atom stereocenters. The van der Waals surface area contributed by atoms with Crippen LogP contribution in [0.4, 0.5) is 0 Å². The van der Waals surface area contributed by atoms with Gasteiger partial charge in [-0.2, -0.15) is 0 Å². The third-order valence-corrected chi connectivity index (χ3v) is 9.52. The van der Waals surface area contributed by atoms with Gasteiger partial charge in [-0.1, -0.05) is 91.0 Å². The van der Waals surface area contributed by atoms with Crippen LogP contribution in [0.5, 0.6) is 0 Å². The van der Waals surface area contributed by atoms with Crippen LogP contribution in [0.3, 0.4) is 0 Å². The summed E-state index contributed by atoms with van der Waals surface area (Å²) in [6.45, 7) is 4.50. The molecule has 174 valence electrons. The Morgan fingerprint density at radius 2 is 0.921 bits per heavy atom. The molecule has 9 aromatic rings. The van der Waals surface area contributed by atoms with E-state index in [0.717, 1.165) is 0 Å². The van der Waals surface area contributed by atoms with Crippen molar-refractivity contribution < 1.29 is 0 Å². The standard InChI is InChI=1S/C38H22/c1-19-17-20(2)24-11-15-30-34-22(9-10-23(19)36(24)34)18-32-29-13-12-27-25-7-3-5-21-6-4-8-26(33(21)25)28-14-16-31(35(30)32)38(29)37(27)28/h3-18H,1-2H3. The molecule has 10 rings (SSSR count). The first-order chi connectivity index (χ1) is 18.7. The maximum Gasteiger partial charge on any atom is -0.00137 e. The fraction of sp³-hybridized carbons (Fsp3) is 0.0526. The van der Waals surface area contributed by atoms with Crippen LogP contribution in [0.15, 0.2) is 97.1 Å². The number of rotatable bonds is 0. The van der Waals surface area contributed by atoms with Crippen molar-refractivity contribution in [2.45, 2.75) is 13.8 Å². The number of hydrogen-bond acceptors (Lipinski definition) is 0. The van der Waals surface area contributed by atoms with E-state index in [9.17, 15) is 0 Å². The maximum atomic E-state index is 2.46. The average Bonchev–Trinajstić information content (AvgIpc) is 3.27. The minimum atomic E-state index is 1.32. The first-order valence-corrected chi connectivity index (χ1v) is 13.5. The highest BCUT2D eigenvalue weighted by Crippen LogP contribution is 2.55. The zero-order valence-corrected chi connectivity index (χ0v) is 21.2. The minimum absolute atomic E-state index is 1.32. The van der Waals surface area contributed by atoms with Gasteiger partial charge in [0.05, 0.1) is 0 Å². The lowest BCUT2D eigenvalue weighted by Crippen LogP contribution is -1.91. The molecule has 0 fully saturated rings. The summed E-state index contributed by atoms with van der Waals surface area (Å²) in [7, 11) is 0. The molecular weight excluding hydrogens is 456 g/mol. The number of hydrogen-bond donors (Lipinski definition) is 0. The maximum absolute atomic E-state index is 2.46. The quantitative estimate of drug-likeness (QED) is 0.150. The van der Waals surface area contributed by atoms with E-state index < -0.39 is 0 Å². The number of fused-ring (bicyclic) bond motifs is 6. The average molecular weight is 479 g/mol. The molecule has 0 amide bonds. The van der Waals surface area contributed by atoms with Gasteiger partial charge in [-0.25, -0.2) is 0 Å². The summed E-state index contributed by atoms with van der Waals surface area (Å²) in [4.78, 5) is 0. The molecule has 1 aliphatic carbocycles. The molecule has 1 aliphatic rings. The summed E-state index contributed by atoms with van der Waals surface area (Å²) in [5.41, 5.74) is 8.26. The Bertz CT molecular complexity index is 2440. The summed E-state index contributed by atoms with van der Waals surface area (Å²) in [5, 5.41) is 19.3. The third kappa shape index (κ3) is 2.02. The minimum Gasteiger partial charge on any atom is -0.0610 e. The summed E-state index contributed by atoms with van der Waals surface area (Å²) < 4.78 is 0. The van der Waals surface area contributed by atoms with E-state index >= 15 is 0 Å². The molecule has 0 heterocycles. The summed E-state index contributed by atoms with van der Waals surface area (Å²) in [6, 6.07) is 37.3. The summed E-state index contributed by atoms with van der Waals surface area (Å²) in [5.74, 6) is 0. The molecule has 0 spiro atoms. The van der Waals surface area contributed by atoms with Crippen molar-refractivity contribution in [3.8, 4) is 22.3 Å². The van der Waals surface area contributed by atoms with Gasteiger partial charge in [-0.05, 0) is 129 Å². The fourth-order valence-corrected chi connectivity index (χ4v) is 8.03. The lowest BCUT2D eigenvalue weighted by Gasteiger charge is -2.17. The summed E-state index contributed by atoms with van der Waals surface area (Å²) in [6.07, 6.45) is 0. The SMILES string of the molecule is Cc1cc(C)c2ccc3c4c(cc5ccc1c2c53)-c1ccc2c3cccc5cccc(c6ccc-4c1c26)c53. The molecule has 0 saturated carbocycles. The summed E-state index contributed by atoms with van der Waals surface area (Å²) >= 11 is 0. The zero-order chi connectivity index (χ0) is 24.9. The van der Waals surface area contributed by atoms with Crippen molar-refractivity contribution in [3.63, 3.8) is 0 Å². The van der Waals surface area contributed by atoms with Crippen molar-refractivity contribution in [2.24, 2.45) is 0 Å². The van der Waals surface area contributed by atoms with Gasteiger partial charge in [0.15, 0.2) is 0 Å². The van der Waals surface area contributed by atoms with Crippen molar-refractivity contribution in [3.05, 3.63) is 108 Å². The molecule has 0 bridgehead atoms. The first-order valence-electron chi connectivity index (χ1n) is 13.5. The Morgan fingerprint density at radius 3 is 1.66 bits per heavy atom. The van der Waals surface area contributed by atoms with Crippen LogP contribution in [-0.2, 0) is 0 Å². The van der Waals surface area contributed by atoms with Crippen LogP contribution >= 0.6 is 0 Å². The molecule has 0 aliphatic heterocycles. The monoisotopic (exact) mass is 478 g/mol. The highest BCUT2D eigenvalue weighted by atomic mass is 14.3.